The first kappa shape index (κ1) is 15.1. The van der Waals surface area contributed by atoms with Crippen molar-refractivity contribution in [2.75, 3.05) is 0 Å². The van der Waals surface area contributed by atoms with Gasteiger partial charge in [-0.3, -0.25) is 0 Å². The van der Waals surface area contributed by atoms with Gasteiger partial charge < -0.3 is 10.5 Å². The lowest BCUT2D eigenvalue weighted by atomic mass is 10.0. The molecule has 0 aliphatic rings. The van der Waals surface area contributed by atoms with Crippen molar-refractivity contribution >= 4 is 0 Å². The number of benzene rings is 2. The van der Waals surface area contributed by atoms with Crippen LogP contribution in [-0.4, -0.2) is 0 Å². The first-order chi connectivity index (χ1) is 10.0. The van der Waals surface area contributed by atoms with Crippen LogP contribution in [0, 0.1) is 25.2 Å². The molecule has 2 aromatic rings. The van der Waals surface area contributed by atoms with Crippen molar-refractivity contribution in [2.24, 2.45) is 5.73 Å². The third-order valence-corrected chi connectivity index (χ3v) is 3.51. The van der Waals surface area contributed by atoms with Gasteiger partial charge in [0.05, 0.1) is 11.6 Å². The van der Waals surface area contributed by atoms with Crippen LogP contribution in [0.1, 0.15) is 40.8 Å². The number of rotatable bonds is 4. The lowest BCUT2D eigenvalue weighted by molar-refractivity contribution is 0.300. The molecule has 0 saturated heterocycles. The molecule has 3 heteroatoms. The largest absolute Gasteiger partial charge is 0.489 e. The summed E-state index contributed by atoms with van der Waals surface area (Å²) >= 11 is 0. The van der Waals surface area contributed by atoms with Crippen LogP contribution in [0.15, 0.2) is 36.4 Å². The summed E-state index contributed by atoms with van der Waals surface area (Å²) in [5, 5.41) is 8.89. The van der Waals surface area contributed by atoms with E-state index in [9.17, 15) is 0 Å². The monoisotopic (exact) mass is 280 g/mol. The Balaban J connectivity index is 2.20. The average Bonchev–Trinajstić information content (AvgIpc) is 2.45. The molecule has 0 saturated carbocycles. The lowest BCUT2D eigenvalue weighted by Gasteiger charge is -2.15. The minimum absolute atomic E-state index is 0.0670. The molecular weight excluding hydrogens is 260 g/mol. The average molecular weight is 280 g/mol. The number of hydrogen-bond donors (Lipinski definition) is 1. The number of nitriles is 1. The zero-order valence-electron chi connectivity index (χ0n) is 12.7. The Morgan fingerprint density at radius 3 is 2.57 bits per heavy atom. The second kappa shape index (κ2) is 6.43. The Hall–Kier alpha value is -2.31. The fourth-order valence-electron chi connectivity index (χ4n) is 2.23. The van der Waals surface area contributed by atoms with Crippen molar-refractivity contribution in [1.29, 1.82) is 5.26 Å². The molecule has 2 aromatic carbocycles. The topological polar surface area (TPSA) is 59.0 Å². The first-order valence-electron chi connectivity index (χ1n) is 7.00. The Morgan fingerprint density at radius 2 is 1.95 bits per heavy atom. The van der Waals surface area contributed by atoms with Gasteiger partial charge in [0, 0.05) is 11.6 Å². The van der Waals surface area contributed by atoms with E-state index < -0.39 is 0 Å². The summed E-state index contributed by atoms with van der Waals surface area (Å²) in [5.74, 6) is 0.828. The van der Waals surface area contributed by atoms with Crippen LogP contribution in [-0.2, 0) is 6.61 Å². The van der Waals surface area contributed by atoms with Crippen LogP contribution in [0.5, 0.6) is 5.75 Å². The molecular formula is C18H20N2O. The molecule has 0 aliphatic heterocycles. The molecule has 0 bridgehead atoms. The van der Waals surface area contributed by atoms with Crippen molar-refractivity contribution in [2.45, 2.75) is 33.4 Å². The van der Waals surface area contributed by atoms with Gasteiger partial charge in [0.1, 0.15) is 12.4 Å². The smallest absolute Gasteiger partial charge is 0.124 e. The number of nitrogens with two attached hydrogens (primary N) is 1. The maximum Gasteiger partial charge on any atom is 0.124 e. The summed E-state index contributed by atoms with van der Waals surface area (Å²) in [6.07, 6.45) is 0. The van der Waals surface area contributed by atoms with Crippen LogP contribution in [0.25, 0.3) is 0 Å². The molecule has 3 nitrogen and oxygen atoms in total. The van der Waals surface area contributed by atoms with Gasteiger partial charge >= 0.3 is 0 Å². The van der Waals surface area contributed by atoms with Crippen molar-refractivity contribution < 1.29 is 4.74 Å². The third-order valence-electron chi connectivity index (χ3n) is 3.51. The molecule has 0 unspecified atom stereocenters. The van der Waals surface area contributed by atoms with E-state index in [0.29, 0.717) is 12.2 Å². The normalized spacial score (nSPS) is 11.8. The summed E-state index contributed by atoms with van der Waals surface area (Å²) in [5.41, 5.74) is 10.9. The second-order valence-electron chi connectivity index (χ2n) is 5.37. The molecule has 0 heterocycles. The van der Waals surface area contributed by atoms with E-state index in [2.05, 4.69) is 6.07 Å². The molecule has 2 N–H and O–H groups in total. The van der Waals surface area contributed by atoms with E-state index >= 15 is 0 Å². The van der Waals surface area contributed by atoms with Gasteiger partial charge in [0.25, 0.3) is 0 Å². The van der Waals surface area contributed by atoms with Gasteiger partial charge in [-0.15, -0.1) is 0 Å². The van der Waals surface area contributed by atoms with Gasteiger partial charge in [0.15, 0.2) is 0 Å². The number of ether oxygens (including phenoxy) is 1. The fraction of sp³-hybridized carbons (Fsp3) is 0.278. The van der Waals surface area contributed by atoms with Gasteiger partial charge in [0.2, 0.25) is 0 Å². The molecule has 0 aromatic heterocycles. The Labute approximate surface area is 126 Å². The van der Waals surface area contributed by atoms with Crippen molar-refractivity contribution in [3.05, 3.63) is 64.2 Å². The number of nitrogens with zero attached hydrogens (tertiary/aromatic N) is 1. The molecule has 0 fully saturated rings. The zero-order valence-corrected chi connectivity index (χ0v) is 12.7. The number of aryl methyl sites for hydroxylation is 2. The fourth-order valence-corrected chi connectivity index (χ4v) is 2.23. The van der Waals surface area contributed by atoms with E-state index in [0.717, 1.165) is 28.0 Å². The molecule has 108 valence electrons. The molecule has 2 rings (SSSR count). The van der Waals surface area contributed by atoms with E-state index in [1.165, 1.54) is 0 Å². The van der Waals surface area contributed by atoms with Gasteiger partial charge in [-0.1, -0.05) is 18.2 Å². The Bertz CT molecular complexity index is 684. The van der Waals surface area contributed by atoms with Crippen molar-refractivity contribution in [1.82, 2.24) is 0 Å². The lowest BCUT2D eigenvalue weighted by Crippen LogP contribution is -2.08. The highest BCUT2D eigenvalue weighted by atomic mass is 16.5. The van der Waals surface area contributed by atoms with Crippen LogP contribution < -0.4 is 10.5 Å². The quantitative estimate of drug-likeness (QED) is 0.927. The van der Waals surface area contributed by atoms with Crippen LogP contribution >= 0.6 is 0 Å². The minimum atomic E-state index is -0.0670. The summed E-state index contributed by atoms with van der Waals surface area (Å²) in [6.45, 7) is 6.44. The minimum Gasteiger partial charge on any atom is -0.489 e. The molecule has 1 atom stereocenters. The summed E-state index contributed by atoms with van der Waals surface area (Å²) < 4.78 is 5.96. The Morgan fingerprint density at radius 1 is 1.19 bits per heavy atom. The first-order valence-corrected chi connectivity index (χ1v) is 7.00. The van der Waals surface area contributed by atoms with Gasteiger partial charge in [-0.05, 0) is 55.7 Å². The van der Waals surface area contributed by atoms with Gasteiger partial charge in [-0.2, -0.15) is 5.26 Å². The molecule has 21 heavy (non-hydrogen) atoms. The third kappa shape index (κ3) is 3.62. The molecule has 0 radical (unpaired) electrons. The highest BCUT2D eigenvalue weighted by Crippen LogP contribution is 2.26. The maximum atomic E-state index is 8.89. The molecule has 0 amide bonds. The van der Waals surface area contributed by atoms with Crippen LogP contribution in [0.2, 0.25) is 0 Å². The summed E-state index contributed by atoms with van der Waals surface area (Å²) in [7, 11) is 0. The van der Waals surface area contributed by atoms with Crippen molar-refractivity contribution in [3.63, 3.8) is 0 Å². The zero-order chi connectivity index (χ0) is 15.4. The van der Waals surface area contributed by atoms with Crippen LogP contribution in [0.3, 0.4) is 0 Å². The van der Waals surface area contributed by atoms with Crippen LogP contribution in [0.4, 0.5) is 0 Å². The number of hydrogen-bond acceptors (Lipinski definition) is 3. The highest BCUT2D eigenvalue weighted by Gasteiger charge is 2.09. The van der Waals surface area contributed by atoms with Gasteiger partial charge in [-0.25, -0.2) is 0 Å². The predicted molar refractivity (Wildman–Crippen MR) is 84.0 cm³/mol. The predicted octanol–water partition coefficient (Wildman–Crippen LogP) is 3.77. The SMILES string of the molecule is Cc1ccc([C@@H](C)N)c(OCc2ccc(C#N)cc2C)c1. The standard InChI is InChI=1S/C18H20N2O/c1-12-4-7-17(14(3)20)18(8-12)21-11-16-6-5-15(10-19)9-13(16)2/h4-9,14H,11,20H2,1-3H3/t14-/m1/s1. The molecule has 0 spiro atoms. The highest BCUT2D eigenvalue weighted by molar-refractivity contribution is 5.40. The van der Waals surface area contributed by atoms with E-state index in [1.807, 2.05) is 57.2 Å². The molecule has 0 aliphatic carbocycles. The van der Waals surface area contributed by atoms with Crippen molar-refractivity contribution in [3.8, 4) is 11.8 Å². The second-order valence-corrected chi connectivity index (χ2v) is 5.37. The maximum absolute atomic E-state index is 8.89. The summed E-state index contributed by atoms with van der Waals surface area (Å²) in [6, 6.07) is 13.8. The summed E-state index contributed by atoms with van der Waals surface area (Å²) in [4.78, 5) is 0. The van der Waals surface area contributed by atoms with E-state index in [4.69, 9.17) is 15.7 Å². The van der Waals surface area contributed by atoms with E-state index in [-0.39, 0.29) is 6.04 Å². The van der Waals surface area contributed by atoms with E-state index in [1.54, 1.807) is 0 Å². The Kier molecular flexibility index (Phi) is 4.62.